The van der Waals surface area contributed by atoms with Gasteiger partial charge in [-0.05, 0) is 48.2 Å². The molecule has 94 valence electrons. The Labute approximate surface area is 108 Å². The van der Waals surface area contributed by atoms with Crippen LogP contribution in [0.15, 0.2) is 42.5 Å². The van der Waals surface area contributed by atoms with Crippen LogP contribution in [0.3, 0.4) is 0 Å². The Bertz CT molecular complexity index is 549. The number of hydrogen-bond donors (Lipinski definition) is 1. The third-order valence-corrected chi connectivity index (χ3v) is 3.43. The van der Waals surface area contributed by atoms with Crippen molar-refractivity contribution in [2.45, 2.75) is 19.9 Å². The van der Waals surface area contributed by atoms with Gasteiger partial charge in [0.05, 0.1) is 13.2 Å². The van der Waals surface area contributed by atoms with Gasteiger partial charge in [0.15, 0.2) is 0 Å². The molecule has 2 heteroatoms. The first-order valence-corrected chi connectivity index (χ1v) is 6.09. The maximum atomic E-state index is 6.35. The average Bonchev–Trinajstić information content (AvgIpc) is 2.41. The molecule has 2 N–H and O–H groups in total. The topological polar surface area (TPSA) is 35.2 Å². The summed E-state index contributed by atoms with van der Waals surface area (Å²) < 4.78 is 5.24. The third kappa shape index (κ3) is 2.39. The minimum Gasteiger partial charge on any atom is -0.497 e. The number of methoxy groups -OCH3 is 1. The Morgan fingerprint density at radius 1 is 1.06 bits per heavy atom. The standard InChI is InChI=1S/C16H19NO/c1-11-6-4-9-15(12(11)2)16(17)13-7-5-8-14(10-13)18-3/h4-10,16H,17H2,1-3H3. The van der Waals surface area contributed by atoms with E-state index in [0.29, 0.717) is 0 Å². The van der Waals surface area contributed by atoms with Gasteiger partial charge < -0.3 is 10.5 Å². The summed E-state index contributed by atoms with van der Waals surface area (Å²) in [7, 11) is 1.67. The summed E-state index contributed by atoms with van der Waals surface area (Å²) in [5.74, 6) is 0.841. The highest BCUT2D eigenvalue weighted by atomic mass is 16.5. The zero-order valence-electron chi connectivity index (χ0n) is 11.1. The van der Waals surface area contributed by atoms with Crippen molar-refractivity contribution in [2.75, 3.05) is 7.11 Å². The summed E-state index contributed by atoms with van der Waals surface area (Å²) in [6, 6.07) is 14.1. The summed E-state index contributed by atoms with van der Waals surface area (Å²) in [5, 5.41) is 0. The molecule has 0 saturated heterocycles. The van der Waals surface area contributed by atoms with Gasteiger partial charge in [0.1, 0.15) is 5.75 Å². The summed E-state index contributed by atoms with van der Waals surface area (Å²) in [5.41, 5.74) is 11.1. The lowest BCUT2D eigenvalue weighted by molar-refractivity contribution is 0.414. The zero-order chi connectivity index (χ0) is 13.1. The van der Waals surface area contributed by atoms with Crippen LogP contribution in [-0.2, 0) is 0 Å². The summed E-state index contributed by atoms with van der Waals surface area (Å²) in [4.78, 5) is 0. The van der Waals surface area contributed by atoms with Gasteiger partial charge in [0.2, 0.25) is 0 Å². The molecule has 1 unspecified atom stereocenters. The Hall–Kier alpha value is -1.80. The third-order valence-electron chi connectivity index (χ3n) is 3.43. The molecule has 0 bridgehead atoms. The van der Waals surface area contributed by atoms with Crippen LogP contribution in [0, 0.1) is 13.8 Å². The monoisotopic (exact) mass is 241 g/mol. The lowest BCUT2D eigenvalue weighted by Crippen LogP contribution is -2.13. The van der Waals surface area contributed by atoms with Crippen LogP contribution < -0.4 is 10.5 Å². The zero-order valence-corrected chi connectivity index (χ0v) is 11.1. The Morgan fingerprint density at radius 2 is 1.78 bits per heavy atom. The first-order chi connectivity index (χ1) is 8.63. The number of rotatable bonds is 3. The van der Waals surface area contributed by atoms with Gasteiger partial charge >= 0.3 is 0 Å². The number of aryl methyl sites for hydroxylation is 1. The lowest BCUT2D eigenvalue weighted by Gasteiger charge is -2.17. The van der Waals surface area contributed by atoms with Crippen molar-refractivity contribution in [1.29, 1.82) is 0 Å². The van der Waals surface area contributed by atoms with Crippen LogP contribution in [0.4, 0.5) is 0 Å². The van der Waals surface area contributed by atoms with Crippen molar-refractivity contribution >= 4 is 0 Å². The predicted molar refractivity (Wildman–Crippen MR) is 74.9 cm³/mol. The van der Waals surface area contributed by atoms with Gasteiger partial charge in [-0.3, -0.25) is 0 Å². The van der Waals surface area contributed by atoms with Crippen molar-refractivity contribution in [3.63, 3.8) is 0 Å². The molecule has 2 rings (SSSR count). The van der Waals surface area contributed by atoms with E-state index in [9.17, 15) is 0 Å². The average molecular weight is 241 g/mol. The van der Waals surface area contributed by atoms with Crippen molar-refractivity contribution in [1.82, 2.24) is 0 Å². The highest BCUT2D eigenvalue weighted by Crippen LogP contribution is 2.26. The first kappa shape index (κ1) is 12.7. The Morgan fingerprint density at radius 3 is 2.50 bits per heavy atom. The molecule has 2 aromatic carbocycles. The highest BCUT2D eigenvalue weighted by Gasteiger charge is 2.12. The SMILES string of the molecule is COc1cccc(C(N)c2cccc(C)c2C)c1. The van der Waals surface area contributed by atoms with Crippen molar-refractivity contribution in [2.24, 2.45) is 5.73 Å². The molecular weight excluding hydrogens is 222 g/mol. The van der Waals surface area contributed by atoms with Crippen LogP contribution >= 0.6 is 0 Å². The van der Waals surface area contributed by atoms with E-state index >= 15 is 0 Å². The van der Waals surface area contributed by atoms with E-state index in [1.807, 2.05) is 24.3 Å². The quantitative estimate of drug-likeness (QED) is 0.894. The fraction of sp³-hybridized carbons (Fsp3) is 0.250. The molecule has 0 saturated carbocycles. The van der Waals surface area contributed by atoms with Crippen LogP contribution in [0.1, 0.15) is 28.3 Å². The van der Waals surface area contributed by atoms with Gasteiger partial charge in [0.25, 0.3) is 0 Å². The predicted octanol–water partition coefficient (Wildman–Crippen LogP) is 3.36. The second-order valence-electron chi connectivity index (χ2n) is 4.54. The molecule has 0 radical (unpaired) electrons. The van der Waals surface area contributed by atoms with E-state index in [1.165, 1.54) is 16.7 Å². The molecule has 0 spiro atoms. The lowest BCUT2D eigenvalue weighted by atomic mass is 9.93. The van der Waals surface area contributed by atoms with Gasteiger partial charge in [-0.25, -0.2) is 0 Å². The molecule has 2 aromatic rings. The van der Waals surface area contributed by atoms with E-state index in [2.05, 4.69) is 32.0 Å². The van der Waals surface area contributed by atoms with Crippen molar-refractivity contribution in [3.05, 3.63) is 64.7 Å². The maximum absolute atomic E-state index is 6.35. The van der Waals surface area contributed by atoms with Crippen molar-refractivity contribution < 1.29 is 4.74 Å². The molecule has 0 aromatic heterocycles. The van der Waals surface area contributed by atoms with E-state index in [-0.39, 0.29) is 6.04 Å². The largest absolute Gasteiger partial charge is 0.497 e. The summed E-state index contributed by atoms with van der Waals surface area (Å²) in [6.07, 6.45) is 0. The van der Waals surface area contributed by atoms with Crippen LogP contribution in [-0.4, -0.2) is 7.11 Å². The molecule has 0 fully saturated rings. The maximum Gasteiger partial charge on any atom is 0.119 e. The van der Waals surface area contributed by atoms with E-state index in [4.69, 9.17) is 10.5 Å². The fourth-order valence-electron chi connectivity index (χ4n) is 2.13. The van der Waals surface area contributed by atoms with E-state index < -0.39 is 0 Å². The second kappa shape index (κ2) is 5.23. The number of hydrogen-bond acceptors (Lipinski definition) is 2. The molecule has 1 atom stereocenters. The number of nitrogens with two attached hydrogens (primary N) is 1. The van der Waals surface area contributed by atoms with Gasteiger partial charge in [-0.15, -0.1) is 0 Å². The highest BCUT2D eigenvalue weighted by molar-refractivity contribution is 5.42. The van der Waals surface area contributed by atoms with E-state index in [1.54, 1.807) is 7.11 Å². The summed E-state index contributed by atoms with van der Waals surface area (Å²) >= 11 is 0. The molecule has 18 heavy (non-hydrogen) atoms. The molecule has 0 aliphatic carbocycles. The Kier molecular flexibility index (Phi) is 3.68. The minimum atomic E-state index is -0.111. The van der Waals surface area contributed by atoms with Crippen molar-refractivity contribution in [3.8, 4) is 5.75 Å². The van der Waals surface area contributed by atoms with Gasteiger partial charge in [-0.2, -0.15) is 0 Å². The molecule has 0 heterocycles. The molecule has 0 aliphatic rings. The Balaban J connectivity index is 2.41. The molecular formula is C16H19NO. The minimum absolute atomic E-state index is 0.111. The number of ether oxygens (including phenoxy) is 1. The fourth-order valence-corrected chi connectivity index (χ4v) is 2.13. The number of benzene rings is 2. The molecule has 0 aliphatic heterocycles. The van der Waals surface area contributed by atoms with E-state index in [0.717, 1.165) is 11.3 Å². The van der Waals surface area contributed by atoms with Gasteiger partial charge in [-0.1, -0.05) is 30.3 Å². The van der Waals surface area contributed by atoms with Crippen LogP contribution in [0.25, 0.3) is 0 Å². The normalized spacial score (nSPS) is 12.2. The first-order valence-electron chi connectivity index (χ1n) is 6.09. The molecule has 2 nitrogen and oxygen atoms in total. The summed E-state index contributed by atoms with van der Waals surface area (Å²) in [6.45, 7) is 4.22. The van der Waals surface area contributed by atoms with Gasteiger partial charge in [0, 0.05) is 0 Å². The molecule has 0 amide bonds. The smallest absolute Gasteiger partial charge is 0.119 e. The second-order valence-corrected chi connectivity index (χ2v) is 4.54. The van der Waals surface area contributed by atoms with Crippen LogP contribution in [0.5, 0.6) is 5.75 Å². The van der Waals surface area contributed by atoms with Crippen LogP contribution in [0.2, 0.25) is 0 Å².